The van der Waals surface area contributed by atoms with Crippen molar-refractivity contribution in [1.82, 2.24) is 0 Å². The van der Waals surface area contributed by atoms with Crippen molar-refractivity contribution in [1.29, 1.82) is 0 Å². The van der Waals surface area contributed by atoms with Gasteiger partial charge in [-0.05, 0) is 154 Å². The molecule has 0 saturated heterocycles. The highest BCUT2D eigenvalue weighted by Gasteiger charge is 2.19. The second kappa shape index (κ2) is 67.0. The monoisotopic (exact) mass is 1110 g/mol. The van der Waals surface area contributed by atoms with E-state index in [4.69, 9.17) is 14.2 Å². The van der Waals surface area contributed by atoms with Crippen LogP contribution in [0.1, 0.15) is 252 Å². The number of hydrogen-bond donors (Lipinski definition) is 0. The van der Waals surface area contributed by atoms with E-state index in [2.05, 4.69) is 203 Å². The quantitative estimate of drug-likeness (QED) is 0.0261. The first-order chi connectivity index (χ1) is 40.0. The number of allylic oxidation sites excluding steroid dienone is 30. The lowest BCUT2D eigenvalue weighted by Gasteiger charge is -2.18. The van der Waals surface area contributed by atoms with Gasteiger partial charge in [0.05, 0.1) is 0 Å². The van der Waals surface area contributed by atoms with Crippen LogP contribution in [0, 0.1) is 0 Å². The molecule has 6 nitrogen and oxygen atoms in total. The predicted octanol–water partition coefficient (Wildman–Crippen LogP) is 22.4. The number of hydrogen-bond acceptors (Lipinski definition) is 6. The van der Waals surface area contributed by atoms with E-state index >= 15 is 0 Å². The summed E-state index contributed by atoms with van der Waals surface area (Å²) in [6.45, 7) is 6.23. The molecule has 81 heavy (non-hydrogen) atoms. The van der Waals surface area contributed by atoms with Gasteiger partial charge in [-0.15, -0.1) is 0 Å². The first-order valence-electron chi connectivity index (χ1n) is 32.3. The van der Waals surface area contributed by atoms with Gasteiger partial charge >= 0.3 is 17.9 Å². The number of unbranched alkanes of at least 4 members (excludes halogenated alkanes) is 15. The van der Waals surface area contributed by atoms with Gasteiger partial charge in [-0.25, -0.2) is 0 Å². The zero-order valence-electron chi connectivity index (χ0n) is 51.7. The molecule has 1 atom stereocenters. The number of carbonyl (C=O) groups excluding carboxylic acids is 3. The van der Waals surface area contributed by atoms with Crippen molar-refractivity contribution in [2.45, 2.75) is 258 Å². The van der Waals surface area contributed by atoms with Crippen molar-refractivity contribution < 1.29 is 28.6 Å². The topological polar surface area (TPSA) is 78.9 Å². The van der Waals surface area contributed by atoms with Crippen LogP contribution in [0.4, 0.5) is 0 Å². The molecule has 0 amide bonds. The zero-order chi connectivity index (χ0) is 58.5. The molecule has 0 aromatic heterocycles. The Kier molecular flexibility index (Phi) is 62.5. The molecule has 0 aromatic carbocycles. The minimum Gasteiger partial charge on any atom is -0.462 e. The molecule has 0 aromatic rings. The van der Waals surface area contributed by atoms with Gasteiger partial charge < -0.3 is 14.2 Å². The van der Waals surface area contributed by atoms with E-state index in [1.165, 1.54) is 38.5 Å². The maximum absolute atomic E-state index is 12.9. The molecule has 0 spiro atoms. The van der Waals surface area contributed by atoms with E-state index < -0.39 is 6.10 Å². The van der Waals surface area contributed by atoms with Crippen molar-refractivity contribution in [2.24, 2.45) is 0 Å². The SMILES string of the molecule is CC/C=C\C/C=C\C/C=C\C/C=C\C/C=C\C/C=C\C/C=C\CCCCCCCCCCCC(=O)OCC(COC(=O)CCCCC/C=C\C/C=C\C/C=C\CC)OC(=O)CCCCC/C=C\C/C=C\C/C=C\C/C=C\C/C=C\CC. The van der Waals surface area contributed by atoms with E-state index in [9.17, 15) is 14.4 Å². The Bertz CT molecular complexity index is 1900. The highest BCUT2D eigenvalue weighted by molar-refractivity contribution is 5.71. The molecule has 0 aliphatic carbocycles. The van der Waals surface area contributed by atoms with E-state index in [0.717, 1.165) is 167 Å². The van der Waals surface area contributed by atoms with Crippen LogP contribution in [-0.4, -0.2) is 37.2 Å². The van der Waals surface area contributed by atoms with E-state index in [1.54, 1.807) is 0 Å². The lowest BCUT2D eigenvalue weighted by Crippen LogP contribution is -2.30. The van der Waals surface area contributed by atoms with Gasteiger partial charge in [0.25, 0.3) is 0 Å². The number of carbonyl (C=O) groups is 3. The van der Waals surface area contributed by atoms with Gasteiger partial charge in [0.15, 0.2) is 6.10 Å². The number of ether oxygens (including phenoxy) is 3. The fourth-order valence-corrected chi connectivity index (χ4v) is 8.17. The molecule has 0 radical (unpaired) electrons. The average molecular weight is 1110 g/mol. The zero-order valence-corrected chi connectivity index (χ0v) is 51.7. The molecule has 0 heterocycles. The second-order valence-electron chi connectivity index (χ2n) is 20.5. The highest BCUT2D eigenvalue weighted by Crippen LogP contribution is 2.14. The predicted molar refractivity (Wildman–Crippen MR) is 352 cm³/mol. The fourth-order valence-electron chi connectivity index (χ4n) is 8.17. The number of rotatable bonds is 56. The summed E-state index contributed by atoms with van der Waals surface area (Å²) in [5, 5.41) is 0. The molecule has 0 rings (SSSR count). The van der Waals surface area contributed by atoms with E-state index in [1.807, 2.05) is 0 Å². The van der Waals surface area contributed by atoms with Crippen LogP contribution in [0.25, 0.3) is 0 Å². The summed E-state index contributed by atoms with van der Waals surface area (Å²) in [6.07, 6.45) is 100. The van der Waals surface area contributed by atoms with Crippen LogP contribution < -0.4 is 0 Å². The molecule has 0 fully saturated rings. The first kappa shape index (κ1) is 75.5. The summed E-state index contributed by atoms with van der Waals surface area (Å²) in [5.74, 6) is -0.989. The highest BCUT2D eigenvalue weighted by atomic mass is 16.6. The van der Waals surface area contributed by atoms with Gasteiger partial charge in [0.2, 0.25) is 0 Å². The van der Waals surface area contributed by atoms with Gasteiger partial charge in [0, 0.05) is 19.3 Å². The molecule has 0 N–H and O–H groups in total. The van der Waals surface area contributed by atoms with Crippen molar-refractivity contribution >= 4 is 17.9 Å². The van der Waals surface area contributed by atoms with Gasteiger partial charge in [-0.1, -0.05) is 261 Å². The normalized spacial score (nSPS) is 13.4. The van der Waals surface area contributed by atoms with Gasteiger partial charge in [-0.2, -0.15) is 0 Å². The lowest BCUT2D eigenvalue weighted by molar-refractivity contribution is -0.167. The van der Waals surface area contributed by atoms with E-state index in [-0.39, 0.29) is 37.5 Å². The standard InChI is InChI=1S/C75H116O6/c1-4-7-10-13-16-19-22-25-27-29-31-32-33-34-35-36-37-38-39-40-41-42-44-45-47-50-53-56-59-62-65-68-74(77)80-71-72(70-79-73(76)67-64-61-58-55-52-49-24-21-18-15-12-9-6-3)81-75(78)69-66-63-60-57-54-51-48-46-43-30-28-26-23-20-17-14-11-8-5-2/h7-12,16-21,25-28,31-32,34-35,37-38,40-41,43,46,49,51-52,54,72H,4-6,13-15,22-24,29-30,33,36,39,42,44-45,47-48,50,53,55-71H2,1-3H3/b10-7-,11-8-,12-9-,19-16-,20-17-,21-18-,27-25-,28-26-,32-31-,35-34-,38-37-,41-40-,46-43-,52-49-,54-51-. The van der Waals surface area contributed by atoms with Crippen LogP contribution in [0.2, 0.25) is 0 Å². The molecule has 1 unspecified atom stereocenters. The third-order valence-electron chi connectivity index (χ3n) is 12.9. The fraction of sp³-hybridized carbons (Fsp3) is 0.560. The summed E-state index contributed by atoms with van der Waals surface area (Å²) in [6, 6.07) is 0. The van der Waals surface area contributed by atoms with Crippen LogP contribution >= 0.6 is 0 Å². The van der Waals surface area contributed by atoms with Crippen molar-refractivity contribution in [2.75, 3.05) is 13.2 Å². The van der Waals surface area contributed by atoms with Crippen LogP contribution in [0.15, 0.2) is 182 Å². The van der Waals surface area contributed by atoms with E-state index in [0.29, 0.717) is 19.3 Å². The Labute approximate surface area is 497 Å². The van der Waals surface area contributed by atoms with Crippen molar-refractivity contribution in [3.05, 3.63) is 182 Å². The first-order valence-corrected chi connectivity index (χ1v) is 32.3. The molecule has 0 saturated carbocycles. The van der Waals surface area contributed by atoms with Gasteiger partial charge in [-0.3, -0.25) is 14.4 Å². The molecular formula is C75H116O6. The maximum Gasteiger partial charge on any atom is 0.306 e. The van der Waals surface area contributed by atoms with Crippen molar-refractivity contribution in [3.8, 4) is 0 Å². The molecule has 6 heteroatoms. The Morgan fingerprint density at radius 2 is 0.444 bits per heavy atom. The van der Waals surface area contributed by atoms with Crippen LogP contribution in [-0.2, 0) is 28.6 Å². The molecular weight excluding hydrogens is 997 g/mol. The smallest absolute Gasteiger partial charge is 0.306 e. The van der Waals surface area contributed by atoms with Gasteiger partial charge in [0.1, 0.15) is 13.2 Å². The summed E-state index contributed by atoms with van der Waals surface area (Å²) >= 11 is 0. The maximum atomic E-state index is 12.9. The summed E-state index contributed by atoms with van der Waals surface area (Å²) in [7, 11) is 0. The Morgan fingerprint density at radius 1 is 0.247 bits per heavy atom. The minimum atomic E-state index is -0.821. The Morgan fingerprint density at radius 3 is 0.704 bits per heavy atom. The molecule has 0 aliphatic heterocycles. The average Bonchev–Trinajstić information content (AvgIpc) is 3.46. The lowest BCUT2D eigenvalue weighted by atomic mass is 10.1. The Hall–Kier alpha value is -5.49. The van der Waals surface area contributed by atoms with Crippen LogP contribution in [0.5, 0.6) is 0 Å². The minimum absolute atomic E-state index is 0.113. The van der Waals surface area contributed by atoms with Crippen LogP contribution in [0.3, 0.4) is 0 Å². The third kappa shape index (κ3) is 65.2. The number of esters is 3. The summed E-state index contributed by atoms with van der Waals surface area (Å²) < 4.78 is 16.9. The molecule has 452 valence electrons. The summed E-state index contributed by atoms with van der Waals surface area (Å²) in [5.41, 5.74) is 0. The largest absolute Gasteiger partial charge is 0.462 e. The Balaban J connectivity index is 4.39. The third-order valence-corrected chi connectivity index (χ3v) is 12.9. The second-order valence-corrected chi connectivity index (χ2v) is 20.5. The van der Waals surface area contributed by atoms with Crippen molar-refractivity contribution in [3.63, 3.8) is 0 Å². The molecule has 0 aliphatic rings. The summed E-state index contributed by atoms with van der Waals surface area (Å²) in [4.78, 5) is 38.3. The molecule has 0 bridgehead atoms.